The zero-order valence-electron chi connectivity index (χ0n) is 7.83. The van der Waals surface area contributed by atoms with Crippen LogP contribution < -0.4 is 4.74 Å². The third-order valence-electron chi connectivity index (χ3n) is 1.63. The number of carbonyl (C=O) groups is 1. The molecular weight excluding hydrogens is 253 g/mol. The molecule has 0 saturated heterocycles. The number of halogens is 5. The summed E-state index contributed by atoms with van der Waals surface area (Å²) in [6, 6.07) is 0. The fourth-order valence-corrected chi connectivity index (χ4v) is 0.977. The number of ether oxygens (including phenoxy) is 1. The molecule has 1 heterocycles. The van der Waals surface area contributed by atoms with Gasteiger partial charge in [-0.25, -0.2) is 13.8 Å². The van der Waals surface area contributed by atoms with Gasteiger partial charge in [-0.3, -0.25) is 4.79 Å². The Bertz CT molecular complexity index is 432. The lowest BCUT2D eigenvalue weighted by Gasteiger charge is -2.14. The third-order valence-corrected chi connectivity index (χ3v) is 1.63. The van der Waals surface area contributed by atoms with Crippen molar-refractivity contribution in [1.29, 1.82) is 0 Å². The maximum absolute atomic E-state index is 12.3. The lowest BCUT2D eigenvalue weighted by Crippen LogP contribution is -2.19. The highest BCUT2D eigenvalue weighted by Gasteiger charge is 2.35. The summed E-state index contributed by atoms with van der Waals surface area (Å²) in [7, 11) is 0. The molecule has 4 nitrogen and oxygen atoms in total. The summed E-state index contributed by atoms with van der Waals surface area (Å²) in [5.74, 6) is -2.90. The molecule has 0 atom stereocenters. The van der Waals surface area contributed by atoms with Crippen LogP contribution in [-0.2, 0) is 0 Å². The molecule has 0 bridgehead atoms. The van der Waals surface area contributed by atoms with Crippen molar-refractivity contribution in [3.05, 3.63) is 17.5 Å². The average molecular weight is 257 g/mol. The van der Waals surface area contributed by atoms with Gasteiger partial charge in [-0.05, 0) is 0 Å². The van der Waals surface area contributed by atoms with Crippen molar-refractivity contribution >= 4 is 6.29 Å². The second-order valence-corrected chi connectivity index (χ2v) is 2.74. The fraction of sp³-hybridized carbons (Fsp3) is 0.250. The second-order valence-electron chi connectivity index (χ2n) is 2.74. The predicted octanol–water partition coefficient (Wildman–Crippen LogP) is 2.44. The van der Waals surface area contributed by atoms with Gasteiger partial charge in [-0.1, -0.05) is 0 Å². The van der Waals surface area contributed by atoms with Crippen LogP contribution in [0.4, 0.5) is 22.0 Å². The van der Waals surface area contributed by atoms with E-state index in [1.54, 1.807) is 0 Å². The van der Waals surface area contributed by atoms with Gasteiger partial charge in [0.25, 0.3) is 6.43 Å². The van der Waals surface area contributed by atoms with Crippen LogP contribution in [0.1, 0.15) is 22.5 Å². The SMILES string of the molecule is O=Cc1ncc(C(F)F)c(OC(F)(F)F)c1O. The first-order chi connectivity index (χ1) is 7.76. The zero-order chi connectivity index (χ0) is 13.2. The Morgan fingerprint density at radius 3 is 2.41 bits per heavy atom. The van der Waals surface area contributed by atoms with Crippen LogP contribution in [0.25, 0.3) is 0 Å². The number of alkyl halides is 5. The summed E-state index contributed by atoms with van der Waals surface area (Å²) in [5, 5.41) is 9.13. The van der Waals surface area contributed by atoms with E-state index in [9.17, 15) is 26.7 Å². The summed E-state index contributed by atoms with van der Waals surface area (Å²) in [5.41, 5.74) is -2.08. The first kappa shape index (κ1) is 13.1. The molecule has 1 aromatic heterocycles. The first-order valence-corrected chi connectivity index (χ1v) is 3.97. The maximum atomic E-state index is 12.3. The van der Waals surface area contributed by atoms with Crippen molar-refractivity contribution < 1.29 is 36.6 Å². The Balaban J connectivity index is 3.35. The molecule has 0 aliphatic carbocycles. The number of nitrogens with zero attached hydrogens (tertiary/aromatic N) is 1. The van der Waals surface area contributed by atoms with Gasteiger partial charge in [0.1, 0.15) is 5.69 Å². The standard InChI is InChI=1S/C8H4F5NO3/c9-7(10)3-1-14-4(2-15)5(16)6(3)17-8(11,12)13/h1-2,7,16H. The van der Waals surface area contributed by atoms with E-state index in [2.05, 4.69) is 9.72 Å². The van der Waals surface area contributed by atoms with Gasteiger partial charge in [0.15, 0.2) is 17.8 Å². The lowest BCUT2D eigenvalue weighted by molar-refractivity contribution is -0.275. The number of carbonyl (C=O) groups excluding carboxylic acids is 1. The second kappa shape index (κ2) is 4.52. The van der Waals surface area contributed by atoms with E-state index in [1.165, 1.54) is 0 Å². The Morgan fingerprint density at radius 1 is 1.41 bits per heavy atom. The smallest absolute Gasteiger partial charge is 0.503 e. The lowest BCUT2D eigenvalue weighted by atomic mass is 10.2. The molecular formula is C8H4F5NO3. The summed E-state index contributed by atoms with van der Waals surface area (Å²) in [6.45, 7) is 0. The normalized spacial score (nSPS) is 11.6. The van der Waals surface area contributed by atoms with Gasteiger partial charge in [-0.15, -0.1) is 13.2 Å². The van der Waals surface area contributed by atoms with Crippen molar-refractivity contribution in [2.24, 2.45) is 0 Å². The van der Waals surface area contributed by atoms with Crippen LogP contribution in [0.3, 0.4) is 0 Å². The van der Waals surface area contributed by atoms with Gasteiger partial charge in [0.2, 0.25) is 0 Å². The Hall–Kier alpha value is -1.93. The highest BCUT2D eigenvalue weighted by molar-refractivity contribution is 5.78. The molecule has 1 rings (SSSR count). The van der Waals surface area contributed by atoms with E-state index in [0.29, 0.717) is 6.20 Å². The summed E-state index contributed by atoms with van der Waals surface area (Å²) in [4.78, 5) is 13.3. The van der Waals surface area contributed by atoms with Crippen molar-refractivity contribution in [2.75, 3.05) is 0 Å². The molecule has 17 heavy (non-hydrogen) atoms. The van der Waals surface area contributed by atoms with E-state index in [0.717, 1.165) is 0 Å². The molecule has 94 valence electrons. The number of hydrogen-bond donors (Lipinski definition) is 1. The molecule has 0 unspecified atom stereocenters. The van der Waals surface area contributed by atoms with Crippen LogP contribution >= 0.6 is 0 Å². The minimum absolute atomic E-state index is 0.0895. The summed E-state index contributed by atoms with van der Waals surface area (Å²) >= 11 is 0. The van der Waals surface area contributed by atoms with E-state index < -0.39 is 35.5 Å². The van der Waals surface area contributed by atoms with E-state index in [1.807, 2.05) is 0 Å². The van der Waals surface area contributed by atoms with Gasteiger partial charge in [-0.2, -0.15) is 0 Å². The van der Waals surface area contributed by atoms with E-state index in [4.69, 9.17) is 5.11 Å². The van der Waals surface area contributed by atoms with Crippen molar-refractivity contribution in [3.8, 4) is 11.5 Å². The molecule has 0 aliphatic rings. The number of hydrogen-bond acceptors (Lipinski definition) is 4. The zero-order valence-corrected chi connectivity index (χ0v) is 7.83. The van der Waals surface area contributed by atoms with E-state index >= 15 is 0 Å². The molecule has 1 N–H and O–H groups in total. The van der Waals surface area contributed by atoms with E-state index in [-0.39, 0.29) is 6.29 Å². The summed E-state index contributed by atoms with van der Waals surface area (Å²) in [6.07, 6.45) is -8.38. The molecule has 0 spiro atoms. The van der Waals surface area contributed by atoms with Gasteiger partial charge >= 0.3 is 6.36 Å². The molecule has 0 radical (unpaired) electrons. The largest absolute Gasteiger partial charge is 0.573 e. The summed E-state index contributed by atoms with van der Waals surface area (Å²) < 4.78 is 63.6. The molecule has 0 fully saturated rings. The number of pyridine rings is 1. The van der Waals surface area contributed by atoms with Crippen molar-refractivity contribution in [2.45, 2.75) is 12.8 Å². The minimum atomic E-state index is -5.28. The van der Waals surface area contributed by atoms with Crippen LogP contribution in [0.5, 0.6) is 11.5 Å². The van der Waals surface area contributed by atoms with Crippen molar-refractivity contribution in [1.82, 2.24) is 4.98 Å². The molecule has 9 heteroatoms. The highest BCUT2D eigenvalue weighted by atomic mass is 19.4. The minimum Gasteiger partial charge on any atom is -0.503 e. The Morgan fingerprint density at radius 2 is 2.00 bits per heavy atom. The van der Waals surface area contributed by atoms with Crippen LogP contribution in [0, 0.1) is 0 Å². The number of aldehydes is 1. The third kappa shape index (κ3) is 3.02. The van der Waals surface area contributed by atoms with Gasteiger partial charge in [0, 0.05) is 6.20 Å². The van der Waals surface area contributed by atoms with Crippen LogP contribution in [0.15, 0.2) is 6.20 Å². The predicted molar refractivity (Wildman–Crippen MR) is 42.9 cm³/mol. The number of aromatic nitrogens is 1. The van der Waals surface area contributed by atoms with Gasteiger partial charge in [0.05, 0.1) is 5.56 Å². The Kier molecular flexibility index (Phi) is 3.49. The monoisotopic (exact) mass is 257 g/mol. The number of aromatic hydroxyl groups is 1. The molecule has 0 saturated carbocycles. The van der Waals surface area contributed by atoms with Gasteiger partial charge < -0.3 is 9.84 Å². The molecule has 0 aromatic carbocycles. The number of rotatable bonds is 3. The molecule has 0 aliphatic heterocycles. The quantitative estimate of drug-likeness (QED) is 0.667. The fourth-order valence-electron chi connectivity index (χ4n) is 0.977. The van der Waals surface area contributed by atoms with Crippen molar-refractivity contribution in [3.63, 3.8) is 0 Å². The molecule has 1 aromatic rings. The van der Waals surface area contributed by atoms with Crippen LogP contribution in [0.2, 0.25) is 0 Å². The average Bonchev–Trinajstić information content (AvgIpc) is 2.18. The molecule has 0 amide bonds. The highest BCUT2D eigenvalue weighted by Crippen LogP contribution is 2.40. The topological polar surface area (TPSA) is 59.4 Å². The maximum Gasteiger partial charge on any atom is 0.573 e. The van der Waals surface area contributed by atoms with Crippen LogP contribution in [-0.4, -0.2) is 22.7 Å². The first-order valence-electron chi connectivity index (χ1n) is 3.97. The Labute approximate surface area is 90.6 Å².